The van der Waals surface area contributed by atoms with Crippen LogP contribution in [0.25, 0.3) is 0 Å². The summed E-state index contributed by atoms with van der Waals surface area (Å²) in [5.74, 6) is -0.743. The minimum Gasteiger partial charge on any atom is -0.347 e. The number of aryl methyl sites for hydroxylation is 3. The summed E-state index contributed by atoms with van der Waals surface area (Å²) in [6.07, 6.45) is 0. The summed E-state index contributed by atoms with van der Waals surface area (Å²) in [4.78, 5) is 25.0. The van der Waals surface area contributed by atoms with E-state index < -0.39 is 0 Å². The smallest absolute Gasteiger partial charge is 0.243 e. The van der Waals surface area contributed by atoms with Crippen molar-refractivity contribution in [2.45, 2.75) is 26.8 Å². The van der Waals surface area contributed by atoms with Gasteiger partial charge in [-0.05, 0) is 49.6 Å². The molecule has 6 nitrogen and oxygen atoms in total. The van der Waals surface area contributed by atoms with Gasteiger partial charge in [-0.25, -0.2) is 5.43 Å². The van der Waals surface area contributed by atoms with Gasteiger partial charge in [0.1, 0.15) is 0 Å². The molecule has 1 saturated heterocycles. The minimum absolute atomic E-state index is 0.0740. The highest BCUT2D eigenvalue weighted by molar-refractivity contribution is 6.30. The number of benzene rings is 2. The molecule has 28 heavy (non-hydrogen) atoms. The molecule has 0 radical (unpaired) electrons. The Morgan fingerprint density at radius 1 is 1.11 bits per heavy atom. The van der Waals surface area contributed by atoms with Crippen molar-refractivity contribution in [1.82, 2.24) is 16.2 Å². The molecule has 1 aliphatic rings. The third-order valence-electron chi connectivity index (χ3n) is 4.91. The molecule has 4 N–H and O–H groups in total. The van der Waals surface area contributed by atoms with Crippen molar-refractivity contribution in [3.05, 3.63) is 63.7 Å². The van der Waals surface area contributed by atoms with E-state index in [0.717, 1.165) is 27.9 Å². The van der Waals surface area contributed by atoms with Gasteiger partial charge in [-0.1, -0.05) is 41.4 Å². The summed E-state index contributed by atoms with van der Waals surface area (Å²) in [5.41, 5.74) is 11.1. The van der Waals surface area contributed by atoms with Crippen molar-refractivity contribution in [2.24, 2.45) is 5.92 Å². The van der Waals surface area contributed by atoms with Crippen molar-refractivity contribution < 1.29 is 9.59 Å². The highest BCUT2D eigenvalue weighted by Gasteiger charge is 2.34. The third-order valence-corrected chi connectivity index (χ3v) is 5.16. The maximum absolute atomic E-state index is 12.6. The quantitative estimate of drug-likeness (QED) is 0.622. The number of nitrogens with one attached hydrogen (secondary N) is 4. The lowest BCUT2D eigenvalue weighted by molar-refractivity contribution is -0.127. The summed E-state index contributed by atoms with van der Waals surface area (Å²) in [7, 11) is 0. The number of carbonyl (C=O) groups is 2. The Morgan fingerprint density at radius 2 is 1.75 bits per heavy atom. The summed E-state index contributed by atoms with van der Waals surface area (Å²) in [5, 5.41) is 6.30. The fourth-order valence-corrected chi connectivity index (χ4v) is 3.71. The van der Waals surface area contributed by atoms with Crippen LogP contribution in [0.1, 0.15) is 28.3 Å². The number of anilines is 1. The summed E-state index contributed by atoms with van der Waals surface area (Å²) < 4.78 is 0. The van der Waals surface area contributed by atoms with Gasteiger partial charge < -0.3 is 10.6 Å². The highest BCUT2D eigenvalue weighted by Crippen LogP contribution is 2.26. The van der Waals surface area contributed by atoms with E-state index in [1.807, 2.05) is 45.0 Å². The van der Waals surface area contributed by atoms with Crippen LogP contribution >= 0.6 is 11.6 Å². The van der Waals surface area contributed by atoms with Crippen LogP contribution in [0.5, 0.6) is 0 Å². The lowest BCUT2D eigenvalue weighted by Gasteiger charge is -2.19. The standard InChI is InChI=1S/C21H25ClN4O2/c1-12-8-13(2)19(14(3)9-12)25-18(27)11-23-21(28)17-10-24-26-20(17)15-4-6-16(22)7-5-15/h4-9,17,20,24,26H,10-11H2,1-3H3,(H,23,28)(H,25,27). The molecule has 1 heterocycles. The van der Waals surface area contributed by atoms with Crippen LogP contribution in [0.4, 0.5) is 5.69 Å². The van der Waals surface area contributed by atoms with Gasteiger partial charge in [0.05, 0.1) is 18.5 Å². The lowest BCUT2D eigenvalue weighted by Crippen LogP contribution is -2.39. The molecular weight excluding hydrogens is 376 g/mol. The van der Waals surface area contributed by atoms with Crippen molar-refractivity contribution >= 4 is 29.1 Å². The number of hydrogen-bond donors (Lipinski definition) is 4. The maximum atomic E-state index is 12.6. The first-order valence-corrected chi connectivity index (χ1v) is 9.62. The Kier molecular flexibility index (Phi) is 6.34. The zero-order chi connectivity index (χ0) is 20.3. The number of halogens is 1. The second-order valence-corrected chi connectivity index (χ2v) is 7.64. The minimum atomic E-state index is -0.322. The van der Waals surface area contributed by atoms with Gasteiger partial charge in [-0.15, -0.1) is 0 Å². The fourth-order valence-electron chi connectivity index (χ4n) is 3.59. The number of amides is 2. The molecule has 2 aromatic rings. The van der Waals surface area contributed by atoms with Gasteiger partial charge in [0, 0.05) is 17.3 Å². The SMILES string of the molecule is Cc1cc(C)c(NC(=O)CNC(=O)C2CNNC2c2ccc(Cl)cc2)c(C)c1. The predicted molar refractivity (Wildman–Crippen MR) is 111 cm³/mol. The van der Waals surface area contributed by atoms with E-state index in [0.29, 0.717) is 11.6 Å². The molecule has 2 aromatic carbocycles. The van der Waals surface area contributed by atoms with Crippen LogP contribution < -0.4 is 21.5 Å². The Bertz CT molecular complexity index is 859. The third kappa shape index (κ3) is 4.70. The molecule has 1 fully saturated rings. The lowest BCUT2D eigenvalue weighted by atomic mass is 9.94. The largest absolute Gasteiger partial charge is 0.347 e. The molecule has 2 unspecified atom stereocenters. The molecule has 0 bridgehead atoms. The van der Waals surface area contributed by atoms with Crippen molar-refractivity contribution in [3.8, 4) is 0 Å². The van der Waals surface area contributed by atoms with Crippen molar-refractivity contribution in [2.75, 3.05) is 18.4 Å². The van der Waals surface area contributed by atoms with E-state index in [1.54, 1.807) is 12.1 Å². The molecule has 0 aromatic heterocycles. The van der Waals surface area contributed by atoms with Gasteiger partial charge in [0.25, 0.3) is 0 Å². The van der Waals surface area contributed by atoms with E-state index in [-0.39, 0.29) is 30.3 Å². The summed E-state index contributed by atoms with van der Waals surface area (Å²) >= 11 is 5.94. The number of hydrogen-bond acceptors (Lipinski definition) is 4. The Labute approximate surface area is 170 Å². The zero-order valence-electron chi connectivity index (χ0n) is 16.2. The van der Waals surface area contributed by atoms with Crippen molar-refractivity contribution in [1.29, 1.82) is 0 Å². The summed E-state index contributed by atoms with van der Waals surface area (Å²) in [6, 6.07) is 11.2. The Hall–Kier alpha value is -2.41. The molecule has 0 saturated carbocycles. The van der Waals surface area contributed by atoms with E-state index >= 15 is 0 Å². The molecule has 3 rings (SSSR count). The number of rotatable bonds is 5. The molecule has 2 atom stereocenters. The summed E-state index contributed by atoms with van der Waals surface area (Å²) in [6.45, 7) is 6.35. The van der Waals surface area contributed by atoms with Crippen LogP contribution in [-0.2, 0) is 9.59 Å². The first kappa shape index (κ1) is 20.3. The average Bonchev–Trinajstić information content (AvgIpc) is 3.13. The molecule has 2 amide bonds. The highest BCUT2D eigenvalue weighted by atomic mass is 35.5. The number of hydrazine groups is 1. The molecule has 148 valence electrons. The van der Waals surface area contributed by atoms with Crippen LogP contribution in [0.15, 0.2) is 36.4 Å². The first-order valence-electron chi connectivity index (χ1n) is 9.24. The van der Waals surface area contributed by atoms with Crippen LogP contribution in [0, 0.1) is 26.7 Å². The van der Waals surface area contributed by atoms with E-state index in [9.17, 15) is 9.59 Å². The van der Waals surface area contributed by atoms with E-state index in [4.69, 9.17) is 11.6 Å². The van der Waals surface area contributed by atoms with E-state index in [2.05, 4.69) is 21.5 Å². The van der Waals surface area contributed by atoms with Crippen LogP contribution in [-0.4, -0.2) is 24.9 Å². The molecule has 7 heteroatoms. The Balaban J connectivity index is 1.59. The van der Waals surface area contributed by atoms with Gasteiger partial charge in [-0.2, -0.15) is 0 Å². The number of carbonyl (C=O) groups excluding carboxylic acids is 2. The second kappa shape index (κ2) is 8.73. The monoisotopic (exact) mass is 400 g/mol. The van der Waals surface area contributed by atoms with Gasteiger partial charge >= 0.3 is 0 Å². The first-order chi connectivity index (χ1) is 13.3. The molecule has 0 spiro atoms. The van der Waals surface area contributed by atoms with Crippen molar-refractivity contribution in [3.63, 3.8) is 0 Å². The van der Waals surface area contributed by atoms with Gasteiger partial charge in [0.15, 0.2) is 0 Å². The zero-order valence-corrected chi connectivity index (χ0v) is 17.0. The normalized spacial score (nSPS) is 18.7. The topological polar surface area (TPSA) is 82.3 Å². The maximum Gasteiger partial charge on any atom is 0.243 e. The predicted octanol–water partition coefficient (Wildman–Crippen LogP) is 2.79. The second-order valence-electron chi connectivity index (χ2n) is 7.20. The van der Waals surface area contributed by atoms with E-state index in [1.165, 1.54) is 0 Å². The Morgan fingerprint density at radius 3 is 2.39 bits per heavy atom. The molecule has 0 aliphatic carbocycles. The molecular formula is C21H25ClN4O2. The van der Waals surface area contributed by atoms with Gasteiger partial charge in [-0.3, -0.25) is 15.0 Å². The van der Waals surface area contributed by atoms with Crippen LogP contribution in [0.3, 0.4) is 0 Å². The fraction of sp³-hybridized carbons (Fsp3) is 0.333. The average molecular weight is 401 g/mol. The van der Waals surface area contributed by atoms with Crippen LogP contribution in [0.2, 0.25) is 5.02 Å². The van der Waals surface area contributed by atoms with Gasteiger partial charge in [0.2, 0.25) is 11.8 Å². The molecule has 1 aliphatic heterocycles.